The fraction of sp³-hybridized carbons (Fsp3) is 0.583. The highest BCUT2D eigenvalue weighted by atomic mass is 16.5. The molecule has 1 aliphatic heterocycles. The molecule has 1 aromatic rings. The third-order valence-electron chi connectivity index (χ3n) is 3.29. The molecule has 0 saturated carbocycles. The summed E-state index contributed by atoms with van der Waals surface area (Å²) >= 11 is 0. The number of nitrogens with zero attached hydrogens (tertiary/aromatic N) is 4. The molecule has 0 aliphatic carbocycles. The maximum Gasteiger partial charge on any atom is 0.316 e. The summed E-state index contributed by atoms with van der Waals surface area (Å²) in [7, 11) is 5.39. The van der Waals surface area contributed by atoms with Gasteiger partial charge in [0, 0.05) is 32.0 Å². The topological polar surface area (TPSA) is 58.6 Å². The molecule has 6 heteroatoms. The molecule has 98 valence electrons. The number of carbonyl (C=O) groups excluding carboxylic acids is 1. The Kier molecular flexibility index (Phi) is 3.76. The number of aromatic nitrogens is 2. The largest absolute Gasteiger partial charge is 0.467 e. The number of likely N-dealkylation sites (N-methyl/N-ethyl adjacent to an activating group) is 2. The first kappa shape index (κ1) is 12.8. The van der Waals surface area contributed by atoms with E-state index in [2.05, 4.69) is 21.9 Å². The number of likely N-dealkylation sites (tertiary alicyclic amines) is 1. The minimum absolute atomic E-state index is 0.0436. The molecular weight excluding hydrogens is 232 g/mol. The highest BCUT2D eigenvalue weighted by molar-refractivity contribution is 5.93. The monoisotopic (exact) mass is 250 g/mol. The minimum Gasteiger partial charge on any atom is -0.467 e. The zero-order valence-corrected chi connectivity index (χ0v) is 11.0. The molecule has 1 aliphatic rings. The zero-order valence-electron chi connectivity index (χ0n) is 11.0. The highest BCUT2D eigenvalue weighted by Crippen LogP contribution is 2.15. The van der Waals surface area contributed by atoms with Gasteiger partial charge in [0.25, 0.3) is 5.91 Å². The predicted molar refractivity (Wildman–Crippen MR) is 66.6 cm³/mol. The minimum atomic E-state index is -0.0436. The second-order valence-electron chi connectivity index (χ2n) is 4.58. The van der Waals surface area contributed by atoms with Gasteiger partial charge in [0.1, 0.15) is 0 Å². The average molecular weight is 250 g/mol. The van der Waals surface area contributed by atoms with E-state index >= 15 is 0 Å². The van der Waals surface area contributed by atoms with Crippen LogP contribution in [0.3, 0.4) is 0 Å². The van der Waals surface area contributed by atoms with Crippen molar-refractivity contribution in [2.75, 3.05) is 34.3 Å². The Hall–Kier alpha value is -1.69. The van der Waals surface area contributed by atoms with Gasteiger partial charge in [0.05, 0.1) is 12.7 Å². The zero-order chi connectivity index (χ0) is 13.1. The second-order valence-corrected chi connectivity index (χ2v) is 4.58. The molecule has 6 nitrogen and oxygen atoms in total. The van der Waals surface area contributed by atoms with Crippen molar-refractivity contribution >= 4 is 5.91 Å². The number of hydrogen-bond acceptors (Lipinski definition) is 5. The van der Waals surface area contributed by atoms with E-state index in [0.29, 0.717) is 5.56 Å². The highest BCUT2D eigenvalue weighted by Gasteiger charge is 2.27. The van der Waals surface area contributed by atoms with Gasteiger partial charge in [0.15, 0.2) is 0 Å². The Balaban J connectivity index is 2.05. The van der Waals surface area contributed by atoms with Crippen molar-refractivity contribution in [3.8, 4) is 6.01 Å². The Labute approximate surface area is 107 Å². The number of methoxy groups -OCH3 is 1. The van der Waals surface area contributed by atoms with Gasteiger partial charge in [-0.2, -0.15) is 0 Å². The normalized spacial score (nSPS) is 19.8. The van der Waals surface area contributed by atoms with Crippen molar-refractivity contribution in [3.05, 3.63) is 18.0 Å². The first-order chi connectivity index (χ1) is 8.61. The third kappa shape index (κ3) is 2.59. The first-order valence-corrected chi connectivity index (χ1v) is 5.93. The van der Waals surface area contributed by atoms with Crippen LogP contribution in [0.1, 0.15) is 16.8 Å². The van der Waals surface area contributed by atoms with Crippen LogP contribution in [-0.4, -0.2) is 66.0 Å². The lowest BCUT2D eigenvalue weighted by atomic mass is 10.2. The van der Waals surface area contributed by atoms with E-state index < -0.39 is 0 Å². The molecule has 18 heavy (non-hydrogen) atoms. The Morgan fingerprint density at radius 3 is 2.67 bits per heavy atom. The fourth-order valence-electron chi connectivity index (χ4n) is 2.13. The lowest BCUT2D eigenvalue weighted by molar-refractivity contribution is 0.0736. The molecule has 0 bridgehead atoms. The summed E-state index contributed by atoms with van der Waals surface area (Å²) in [6.07, 6.45) is 4.02. The van der Waals surface area contributed by atoms with Gasteiger partial charge < -0.3 is 14.5 Å². The van der Waals surface area contributed by atoms with Crippen LogP contribution >= 0.6 is 0 Å². The van der Waals surface area contributed by atoms with Crippen LogP contribution in [-0.2, 0) is 0 Å². The number of carbonyl (C=O) groups is 1. The molecule has 0 N–H and O–H groups in total. The van der Waals surface area contributed by atoms with Crippen LogP contribution in [0.25, 0.3) is 0 Å². The molecule has 1 aromatic heterocycles. The molecule has 2 heterocycles. The summed E-state index contributed by atoms with van der Waals surface area (Å²) in [5.74, 6) is -0.0436. The molecule has 2 rings (SSSR count). The van der Waals surface area contributed by atoms with Crippen LogP contribution < -0.4 is 4.74 Å². The Morgan fingerprint density at radius 1 is 1.50 bits per heavy atom. The molecule has 1 saturated heterocycles. The van der Waals surface area contributed by atoms with Crippen LogP contribution in [0, 0.1) is 0 Å². The van der Waals surface area contributed by atoms with Gasteiger partial charge >= 0.3 is 6.01 Å². The van der Waals surface area contributed by atoms with Gasteiger partial charge in [-0.25, -0.2) is 9.97 Å². The van der Waals surface area contributed by atoms with E-state index in [1.165, 1.54) is 19.5 Å². The van der Waals surface area contributed by atoms with Gasteiger partial charge in [-0.05, 0) is 20.0 Å². The lowest BCUT2D eigenvalue weighted by Gasteiger charge is -2.24. The average Bonchev–Trinajstić information content (AvgIpc) is 2.84. The van der Waals surface area contributed by atoms with Crippen molar-refractivity contribution in [3.63, 3.8) is 0 Å². The molecule has 0 unspecified atom stereocenters. The van der Waals surface area contributed by atoms with Gasteiger partial charge in [-0.15, -0.1) is 0 Å². The number of hydrogen-bond donors (Lipinski definition) is 0. The van der Waals surface area contributed by atoms with E-state index in [-0.39, 0.29) is 18.0 Å². The van der Waals surface area contributed by atoms with Crippen molar-refractivity contribution < 1.29 is 9.53 Å². The smallest absolute Gasteiger partial charge is 0.316 e. The van der Waals surface area contributed by atoms with Crippen LogP contribution in [0.2, 0.25) is 0 Å². The summed E-state index contributed by atoms with van der Waals surface area (Å²) in [5, 5.41) is 0. The second kappa shape index (κ2) is 5.30. The first-order valence-electron chi connectivity index (χ1n) is 5.93. The standard InChI is InChI=1S/C12H18N4O2/c1-15-5-4-10(8-15)16(2)11(17)9-6-13-12(18-3)14-7-9/h6-7,10H,4-5,8H2,1-3H3/t10-/m1/s1. The van der Waals surface area contributed by atoms with Crippen molar-refractivity contribution in [1.82, 2.24) is 19.8 Å². The third-order valence-corrected chi connectivity index (χ3v) is 3.29. The quantitative estimate of drug-likeness (QED) is 0.770. The SMILES string of the molecule is COc1ncc(C(=O)N(C)[C@@H]2CCN(C)C2)cn1. The maximum absolute atomic E-state index is 12.2. The van der Waals surface area contributed by atoms with Crippen LogP contribution in [0.4, 0.5) is 0 Å². The number of amides is 1. The molecular formula is C12H18N4O2. The van der Waals surface area contributed by atoms with E-state index in [1.807, 2.05) is 7.05 Å². The van der Waals surface area contributed by atoms with E-state index in [1.54, 1.807) is 4.90 Å². The molecule has 0 aromatic carbocycles. The molecule has 1 atom stereocenters. The summed E-state index contributed by atoms with van der Waals surface area (Å²) in [4.78, 5) is 24.1. The predicted octanol–water partition coefficient (Wildman–Crippen LogP) is 0.261. The van der Waals surface area contributed by atoms with Gasteiger partial charge in [-0.3, -0.25) is 4.79 Å². The van der Waals surface area contributed by atoms with Crippen molar-refractivity contribution in [1.29, 1.82) is 0 Å². The molecule has 1 fully saturated rings. The number of ether oxygens (including phenoxy) is 1. The van der Waals surface area contributed by atoms with Crippen molar-refractivity contribution in [2.24, 2.45) is 0 Å². The summed E-state index contributed by atoms with van der Waals surface area (Å²) in [6, 6.07) is 0.541. The summed E-state index contributed by atoms with van der Waals surface area (Å²) in [6.45, 7) is 1.95. The summed E-state index contributed by atoms with van der Waals surface area (Å²) < 4.78 is 4.87. The molecule has 0 spiro atoms. The fourth-order valence-corrected chi connectivity index (χ4v) is 2.13. The van der Waals surface area contributed by atoms with Crippen LogP contribution in [0.15, 0.2) is 12.4 Å². The Bertz CT molecular complexity index is 421. The Morgan fingerprint density at radius 2 is 2.17 bits per heavy atom. The maximum atomic E-state index is 12.2. The molecule has 1 amide bonds. The van der Waals surface area contributed by atoms with E-state index in [0.717, 1.165) is 19.5 Å². The summed E-state index contributed by atoms with van der Waals surface area (Å²) in [5.41, 5.74) is 0.493. The number of rotatable bonds is 3. The van der Waals surface area contributed by atoms with E-state index in [9.17, 15) is 4.79 Å². The van der Waals surface area contributed by atoms with Crippen molar-refractivity contribution in [2.45, 2.75) is 12.5 Å². The lowest BCUT2D eigenvalue weighted by Crippen LogP contribution is -2.38. The van der Waals surface area contributed by atoms with Crippen LogP contribution in [0.5, 0.6) is 6.01 Å². The molecule has 0 radical (unpaired) electrons. The van der Waals surface area contributed by atoms with Gasteiger partial charge in [0.2, 0.25) is 0 Å². The van der Waals surface area contributed by atoms with Gasteiger partial charge in [-0.1, -0.05) is 0 Å². The van der Waals surface area contributed by atoms with E-state index in [4.69, 9.17) is 4.74 Å².